The van der Waals surface area contributed by atoms with Crippen LogP contribution >= 0.6 is 0 Å². The molecule has 5 nitrogen and oxygen atoms in total. The monoisotopic (exact) mass is 301 g/mol. The summed E-state index contributed by atoms with van der Waals surface area (Å²) < 4.78 is 0. The highest BCUT2D eigenvalue weighted by atomic mass is 16.1. The third kappa shape index (κ3) is 6.31. The number of carbonyl (C=O) groups excluding carboxylic acids is 2. The van der Waals surface area contributed by atoms with Crippen molar-refractivity contribution in [2.24, 2.45) is 5.73 Å². The molecule has 1 aromatic rings. The summed E-state index contributed by atoms with van der Waals surface area (Å²) in [6, 6.07) is 5.34. The molecule has 0 unspecified atom stereocenters. The Morgan fingerprint density at radius 1 is 1.27 bits per heavy atom. The summed E-state index contributed by atoms with van der Waals surface area (Å²) in [5, 5.41) is 5.77. The van der Waals surface area contributed by atoms with E-state index >= 15 is 0 Å². The number of amides is 2. The summed E-state index contributed by atoms with van der Waals surface area (Å²) in [5.74, 6) is 5.54. The van der Waals surface area contributed by atoms with E-state index in [4.69, 9.17) is 5.73 Å². The molecular weight excluding hydrogens is 278 g/mol. The third-order valence-electron chi connectivity index (χ3n) is 2.99. The van der Waals surface area contributed by atoms with Crippen LogP contribution in [0.1, 0.15) is 49.0 Å². The van der Waals surface area contributed by atoms with Crippen molar-refractivity contribution in [3.05, 3.63) is 29.3 Å². The molecule has 5 heteroatoms. The van der Waals surface area contributed by atoms with Crippen molar-refractivity contribution < 1.29 is 9.59 Å². The van der Waals surface area contributed by atoms with Crippen molar-refractivity contribution in [1.82, 2.24) is 5.32 Å². The predicted molar refractivity (Wildman–Crippen MR) is 88.5 cm³/mol. The number of nitrogens with one attached hydrogen (secondary N) is 2. The average Bonchev–Trinajstić information content (AvgIpc) is 2.48. The summed E-state index contributed by atoms with van der Waals surface area (Å²) in [7, 11) is 0. The number of nitrogens with two attached hydrogens (primary N) is 1. The average molecular weight is 301 g/mol. The Kier molecular flexibility index (Phi) is 7.55. The van der Waals surface area contributed by atoms with Crippen LogP contribution < -0.4 is 16.4 Å². The van der Waals surface area contributed by atoms with Gasteiger partial charge in [-0.15, -0.1) is 0 Å². The molecule has 0 atom stereocenters. The maximum atomic E-state index is 11.6. The van der Waals surface area contributed by atoms with Gasteiger partial charge in [0.25, 0.3) is 5.91 Å². The van der Waals surface area contributed by atoms with Crippen LogP contribution in [0.2, 0.25) is 0 Å². The van der Waals surface area contributed by atoms with Gasteiger partial charge in [-0.2, -0.15) is 0 Å². The number of anilines is 1. The van der Waals surface area contributed by atoms with Gasteiger partial charge in [0.1, 0.15) is 0 Å². The Labute approximate surface area is 131 Å². The zero-order valence-electron chi connectivity index (χ0n) is 13.2. The molecule has 0 fully saturated rings. The largest absolute Gasteiger partial charge is 0.383 e. The summed E-state index contributed by atoms with van der Waals surface area (Å²) >= 11 is 0. The maximum Gasteiger partial charge on any atom is 0.250 e. The lowest BCUT2D eigenvalue weighted by atomic mass is 10.1. The second kappa shape index (κ2) is 9.46. The van der Waals surface area contributed by atoms with Gasteiger partial charge < -0.3 is 16.4 Å². The van der Waals surface area contributed by atoms with Gasteiger partial charge in [-0.3, -0.25) is 9.59 Å². The van der Waals surface area contributed by atoms with Crippen LogP contribution in [0.3, 0.4) is 0 Å². The molecule has 0 bridgehead atoms. The first-order valence-electron chi connectivity index (χ1n) is 7.45. The first kappa shape index (κ1) is 17.6. The van der Waals surface area contributed by atoms with E-state index in [0.29, 0.717) is 24.3 Å². The lowest BCUT2D eigenvalue weighted by Gasteiger charge is -2.10. The summed E-state index contributed by atoms with van der Waals surface area (Å²) in [6.07, 6.45) is 3.02. The molecule has 1 rings (SSSR count). The first-order valence-corrected chi connectivity index (χ1v) is 7.45. The number of benzene rings is 1. The number of rotatable bonds is 7. The van der Waals surface area contributed by atoms with E-state index < -0.39 is 5.91 Å². The molecule has 0 aliphatic rings. The molecule has 0 spiro atoms. The summed E-state index contributed by atoms with van der Waals surface area (Å²) in [6.45, 7) is 4.57. The molecule has 0 radical (unpaired) electrons. The highest BCUT2D eigenvalue weighted by Gasteiger charge is 2.08. The second-order valence-corrected chi connectivity index (χ2v) is 4.94. The number of primary amides is 1. The first-order chi connectivity index (χ1) is 10.5. The fraction of sp³-hybridized carbons (Fsp3) is 0.412. The van der Waals surface area contributed by atoms with E-state index in [0.717, 1.165) is 24.8 Å². The van der Waals surface area contributed by atoms with E-state index in [1.54, 1.807) is 12.1 Å². The molecule has 0 saturated heterocycles. The van der Waals surface area contributed by atoms with Crippen LogP contribution in [0, 0.1) is 11.8 Å². The minimum Gasteiger partial charge on any atom is -0.383 e. The Morgan fingerprint density at radius 2 is 2.05 bits per heavy atom. The van der Waals surface area contributed by atoms with Gasteiger partial charge in [-0.1, -0.05) is 25.2 Å². The fourth-order valence-corrected chi connectivity index (χ4v) is 1.85. The molecule has 0 heterocycles. The Morgan fingerprint density at radius 3 is 2.68 bits per heavy atom. The topological polar surface area (TPSA) is 84.2 Å². The van der Waals surface area contributed by atoms with Gasteiger partial charge in [0, 0.05) is 37.7 Å². The number of carbonyl (C=O) groups is 2. The van der Waals surface area contributed by atoms with Gasteiger partial charge in [0.15, 0.2) is 0 Å². The van der Waals surface area contributed by atoms with E-state index in [9.17, 15) is 9.59 Å². The van der Waals surface area contributed by atoms with Crippen LogP contribution in [0.15, 0.2) is 18.2 Å². The zero-order chi connectivity index (χ0) is 16.4. The highest BCUT2D eigenvalue weighted by molar-refractivity contribution is 5.98. The molecule has 0 aromatic heterocycles. The normalized spacial score (nSPS) is 9.55. The van der Waals surface area contributed by atoms with Gasteiger partial charge in [-0.05, 0) is 24.6 Å². The minimum atomic E-state index is -0.501. The smallest absolute Gasteiger partial charge is 0.250 e. The SMILES string of the molecule is CCCCC#Cc1ccc(NCCNC(C)=O)c(C(N)=O)c1. The maximum absolute atomic E-state index is 11.6. The van der Waals surface area contributed by atoms with Crippen molar-refractivity contribution in [3.63, 3.8) is 0 Å². The van der Waals surface area contributed by atoms with Crippen molar-refractivity contribution >= 4 is 17.5 Å². The molecule has 118 valence electrons. The molecule has 0 aliphatic carbocycles. The van der Waals surface area contributed by atoms with E-state index in [-0.39, 0.29) is 5.91 Å². The standard InChI is InChI=1S/C17H23N3O2/c1-3-4-5-6-7-14-8-9-16(15(12-14)17(18)22)20-11-10-19-13(2)21/h8-9,12,20H,3-5,10-11H2,1-2H3,(H2,18,22)(H,19,21). The molecule has 4 N–H and O–H groups in total. The van der Waals surface area contributed by atoms with Gasteiger partial charge in [-0.25, -0.2) is 0 Å². The van der Waals surface area contributed by atoms with E-state index in [2.05, 4.69) is 29.4 Å². The fourth-order valence-electron chi connectivity index (χ4n) is 1.85. The van der Waals surface area contributed by atoms with Gasteiger partial charge >= 0.3 is 0 Å². The minimum absolute atomic E-state index is 0.0883. The lowest BCUT2D eigenvalue weighted by molar-refractivity contribution is -0.118. The Hall–Kier alpha value is -2.48. The van der Waals surface area contributed by atoms with Crippen LogP contribution in [-0.4, -0.2) is 24.9 Å². The quantitative estimate of drug-likeness (QED) is 0.531. The second-order valence-electron chi connectivity index (χ2n) is 4.94. The van der Waals surface area contributed by atoms with Crippen LogP contribution in [0.5, 0.6) is 0 Å². The third-order valence-corrected chi connectivity index (χ3v) is 2.99. The van der Waals surface area contributed by atoms with Gasteiger partial charge in [0.05, 0.1) is 5.56 Å². The molecule has 2 amide bonds. The Bertz CT molecular complexity index is 585. The molecule has 1 aromatic carbocycles. The van der Waals surface area contributed by atoms with Gasteiger partial charge in [0.2, 0.25) is 5.91 Å². The number of hydrogen-bond acceptors (Lipinski definition) is 3. The van der Waals surface area contributed by atoms with E-state index in [1.807, 2.05) is 6.07 Å². The summed E-state index contributed by atoms with van der Waals surface area (Å²) in [5.41, 5.74) is 7.25. The van der Waals surface area contributed by atoms with Crippen LogP contribution in [0.25, 0.3) is 0 Å². The van der Waals surface area contributed by atoms with Crippen molar-refractivity contribution in [2.45, 2.75) is 33.1 Å². The zero-order valence-corrected chi connectivity index (χ0v) is 13.2. The van der Waals surface area contributed by atoms with E-state index in [1.165, 1.54) is 6.92 Å². The molecular formula is C17H23N3O2. The molecule has 0 saturated carbocycles. The highest BCUT2D eigenvalue weighted by Crippen LogP contribution is 2.16. The van der Waals surface area contributed by atoms with Crippen molar-refractivity contribution in [1.29, 1.82) is 0 Å². The predicted octanol–water partition coefficient (Wildman–Crippen LogP) is 1.88. The van der Waals surface area contributed by atoms with Crippen molar-refractivity contribution in [3.8, 4) is 11.8 Å². The summed E-state index contributed by atoms with van der Waals surface area (Å²) in [4.78, 5) is 22.3. The Balaban J connectivity index is 2.74. The number of hydrogen-bond donors (Lipinski definition) is 3. The van der Waals surface area contributed by atoms with Crippen molar-refractivity contribution in [2.75, 3.05) is 18.4 Å². The number of unbranched alkanes of at least 4 members (excludes halogenated alkanes) is 2. The lowest BCUT2D eigenvalue weighted by Crippen LogP contribution is -2.27. The molecule has 22 heavy (non-hydrogen) atoms. The van der Waals surface area contributed by atoms with Crippen LogP contribution in [0.4, 0.5) is 5.69 Å². The van der Waals surface area contributed by atoms with Crippen LogP contribution in [-0.2, 0) is 4.79 Å². The molecule has 0 aliphatic heterocycles.